The lowest BCUT2D eigenvalue weighted by Crippen LogP contribution is -2.42. The molecule has 4 heteroatoms. The molecule has 2 nitrogen and oxygen atoms in total. The van der Waals surface area contributed by atoms with Gasteiger partial charge in [0.25, 0.3) is 0 Å². The van der Waals surface area contributed by atoms with Crippen molar-refractivity contribution in [2.75, 3.05) is 0 Å². The molecule has 0 aromatic heterocycles. The molecule has 16 heavy (non-hydrogen) atoms. The first-order valence-electron chi connectivity index (χ1n) is 6.03. The van der Waals surface area contributed by atoms with Crippen LogP contribution in [0.4, 0.5) is 8.78 Å². The van der Waals surface area contributed by atoms with Gasteiger partial charge in [0, 0.05) is 12.8 Å². The number of aliphatic carboxylic acids is 1. The summed E-state index contributed by atoms with van der Waals surface area (Å²) in [6.07, 6.45) is 3.94. The van der Waals surface area contributed by atoms with Gasteiger partial charge in [0.1, 0.15) is 0 Å². The molecule has 0 aromatic rings. The fourth-order valence-corrected chi connectivity index (χ4v) is 3.31. The third kappa shape index (κ3) is 2.20. The van der Waals surface area contributed by atoms with Crippen LogP contribution in [0.15, 0.2) is 0 Å². The highest BCUT2D eigenvalue weighted by atomic mass is 19.3. The van der Waals surface area contributed by atoms with Crippen molar-refractivity contribution in [2.45, 2.75) is 57.3 Å². The monoisotopic (exact) mass is 232 g/mol. The van der Waals surface area contributed by atoms with Crippen molar-refractivity contribution < 1.29 is 18.7 Å². The molecule has 2 rings (SSSR count). The summed E-state index contributed by atoms with van der Waals surface area (Å²) >= 11 is 0. The van der Waals surface area contributed by atoms with Crippen LogP contribution in [-0.4, -0.2) is 17.0 Å². The van der Waals surface area contributed by atoms with E-state index in [0.717, 1.165) is 19.3 Å². The van der Waals surface area contributed by atoms with Crippen LogP contribution >= 0.6 is 0 Å². The van der Waals surface area contributed by atoms with E-state index < -0.39 is 11.9 Å². The summed E-state index contributed by atoms with van der Waals surface area (Å²) in [5, 5.41) is 8.90. The molecule has 2 saturated carbocycles. The van der Waals surface area contributed by atoms with Crippen molar-refractivity contribution in [2.24, 2.45) is 11.3 Å². The zero-order valence-electron chi connectivity index (χ0n) is 9.35. The van der Waals surface area contributed by atoms with Crippen molar-refractivity contribution in [1.29, 1.82) is 0 Å². The fraction of sp³-hybridized carbons (Fsp3) is 0.917. The van der Waals surface area contributed by atoms with Gasteiger partial charge in [-0.2, -0.15) is 0 Å². The lowest BCUT2D eigenvalue weighted by atomic mass is 9.56. The second-order valence-electron chi connectivity index (χ2n) is 5.42. The normalized spacial score (nSPS) is 28.4. The highest BCUT2D eigenvalue weighted by Gasteiger charge is 2.48. The molecule has 0 amide bonds. The molecule has 0 bridgehead atoms. The van der Waals surface area contributed by atoms with E-state index in [1.165, 1.54) is 0 Å². The smallest absolute Gasteiger partial charge is 0.303 e. The summed E-state index contributed by atoms with van der Waals surface area (Å²) < 4.78 is 26.1. The molecule has 0 heterocycles. The minimum Gasteiger partial charge on any atom is -0.481 e. The second kappa shape index (κ2) is 3.97. The Morgan fingerprint density at radius 3 is 2.12 bits per heavy atom. The average molecular weight is 232 g/mol. The molecule has 0 aliphatic heterocycles. The summed E-state index contributed by atoms with van der Waals surface area (Å²) in [7, 11) is 0. The number of alkyl halides is 2. The number of carbonyl (C=O) groups is 1. The Bertz CT molecular complexity index is 275. The molecule has 0 unspecified atom stereocenters. The Morgan fingerprint density at radius 1 is 1.19 bits per heavy atom. The van der Waals surface area contributed by atoms with Gasteiger partial charge in [0.2, 0.25) is 5.92 Å². The topological polar surface area (TPSA) is 37.3 Å². The molecule has 0 atom stereocenters. The largest absolute Gasteiger partial charge is 0.481 e. The number of hydrogen-bond donors (Lipinski definition) is 1. The standard InChI is InChI=1S/C12H18F2O2/c13-12(14)6-2-9(3-7-12)11(4-1-5-11)8-10(15)16/h9H,1-8H2,(H,15,16). The predicted molar refractivity (Wildman–Crippen MR) is 55.4 cm³/mol. The highest BCUT2D eigenvalue weighted by Crippen LogP contribution is 2.55. The van der Waals surface area contributed by atoms with E-state index in [1.54, 1.807) is 0 Å². The lowest BCUT2D eigenvalue weighted by molar-refractivity contribution is -0.145. The number of rotatable bonds is 3. The lowest BCUT2D eigenvalue weighted by Gasteiger charge is -2.49. The van der Waals surface area contributed by atoms with Gasteiger partial charge in [-0.25, -0.2) is 8.78 Å². The van der Waals surface area contributed by atoms with E-state index in [2.05, 4.69) is 0 Å². The van der Waals surface area contributed by atoms with Gasteiger partial charge in [-0.15, -0.1) is 0 Å². The van der Waals surface area contributed by atoms with Gasteiger partial charge in [0.05, 0.1) is 6.42 Å². The van der Waals surface area contributed by atoms with Crippen LogP contribution < -0.4 is 0 Å². The summed E-state index contributed by atoms with van der Waals surface area (Å²) in [5.41, 5.74) is -0.150. The summed E-state index contributed by atoms with van der Waals surface area (Å²) in [6, 6.07) is 0. The number of halogens is 2. The molecule has 92 valence electrons. The van der Waals surface area contributed by atoms with Gasteiger partial charge < -0.3 is 5.11 Å². The van der Waals surface area contributed by atoms with Gasteiger partial charge in [-0.3, -0.25) is 4.79 Å². The molecule has 0 radical (unpaired) electrons. The van der Waals surface area contributed by atoms with Crippen LogP contribution in [0.2, 0.25) is 0 Å². The van der Waals surface area contributed by atoms with Gasteiger partial charge in [-0.1, -0.05) is 6.42 Å². The Labute approximate surface area is 94.0 Å². The summed E-state index contributed by atoms with van der Waals surface area (Å²) in [5.74, 6) is -3.08. The fourth-order valence-electron chi connectivity index (χ4n) is 3.31. The van der Waals surface area contributed by atoms with Crippen LogP contribution in [-0.2, 0) is 4.79 Å². The Balaban J connectivity index is 1.98. The van der Waals surface area contributed by atoms with Gasteiger partial charge >= 0.3 is 5.97 Å². The van der Waals surface area contributed by atoms with Crippen molar-refractivity contribution in [3.05, 3.63) is 0 Å². The number of carboxylic acid groups (broad SMARTS) is 1. The molecule has 0 spiro atoms. The minimum atomic E-state index is -2.51. The maximum Gasteiger partial charge on any atom is 0.303 e. The van der Waals surface area contributed by atoms with Crippen LogP contribution in [0.25, 0.3) is 0 Å². The van der Waals surface area contributed by atoms with E-state index in [4.69, 9.17) is 5.11 Å². The molecule has 2 aliphatic rings. The van der Waals surface area contributed by atoms with Gasteiger partial charge in [-0.05, 0) is 37.0 Å². The maximum absolute atomic E-state index is 13.0. The van der Waals surface area contributed by atoms with E-state index in [9.17, 15) is 13.6 Å². The van der Waals surface area contributed by atoms with E-state index in [0.29, 0.717) is 12.8 Å². The quantitative estimate of drug-likeness (QED) is 0.809. The van der Waals surface area contributed by atoms with Gasteiger partial charge in [0.15, 0.2) is 0 Å². The molecule has 0 aromatic carbocycles. The van der Waals surface area contributed by atoms with Crippen LogP contribution in [0.3, 0.4) is 0 Å². The maximum atomic E-state index is 13.0. The Morgan fingerprint density at radius 2 is 1.75 bits per heavy atom. The van der Waals surface area contributed by atoms with Crippen LogP contribution in [0, 0.1) is 11.3 Å². The van der Waals surface area contributed by atoms with E-state index in [-0.39, 0.29) is 30.6 Å². The second-order valence-corrected chi connectivity index (χ2v) is 5.42. The van der Waals surface area contributed by atoms with Crippen LogP contribution in [0.1, 0.15) is 51.4 Å². The highest BCUT2D eigenvalue weighted by molar-refractivity contribution is 5.68. The van der Waals surface area contributed by atoms with Crippen molar-refractivity contribution in [1.82, 2.24) is 0 Å². The molecule has 1 N–H and O–H groups in total. The zero-order chi connectivity index (χ0) is 11.8. The van der Waals surface area contributed by atoms with Crippen molar-refractivity contribution in [3.63, 3.8) is 0 Å². The third-order valence-corrected chi connectivity index (χ3v) is 4.44. The molecule has 0 saturated heterocycles. The molecule has 2 fully saturated rings. The Hall–Kier alpha value is -0.670. The average Bonchev–Trinajstić information content (AvgIpc) is 2.11. The van der Waals surface area contributed by atoms with Crippen LogP contribution in [0.5, 0.6) is 0 Å². The van der Waals surface area contributed by atoms with Crippen molar-refractivity contribution >= 4 is 5.97 Å². The molecular formula is C12H18F2O2. The predicted octanol–water partition coefficient (Wildman–Crippen LogP) is 3.46. The first kappa shape index (κ1) is 11.8. The first-order chi connectivity index (χ1) is 7.44. The van der Waals surface area contributed by atoms with Crippen molar-refractivity contribution in [3.8, 4) is 0 Å². The van der Waals surface area contributed by atoms with E-state index >= 15 is 0 Å². The minimum absolute atomic E-state index is 0.0565. The Kier molecular flexibility index (Phi) is 2.93. The summed E-state index contributed by atoms with van der Waals surface area (Å²) in [6.45, 7) is 0. The first-order valence-corrected chi connectivity index (χ1v) is 6.03. The zero-order valence-corrected chi connectivity index (χ0v) is 9.35. The number of hydrogen-bond acceptors (Lipinski definition) is 1. The molecule has 2 aliphatic carbocycles. The number of carboxylic acids is 1. The third-order valence-electron chi connectivity index (χ3n) is 4.44. The van der Waals surface area contributed by atoms with E-state index in [1.807, 2.05) is 0 Å². The SMILES string of the molecule is O=C(O)CC1(C2CCC(F)(F)CC2)CCC1. The molecular weight excluding hydrogens is 214 g/mol. The summed E-state index contributed by atoms with van der Waals surface area (Å²) in [4.78, 5) is 10.8.